The molecule has 2 aromatic rings. The van der Waals surface area contributed by atoms with Gasteiger partial charge in [-0.2, -0.15) is 0 Å². The van der Waals surface area contributed by atoms with Crippen molar-refractivity contribution in [3.8, 4) is 0 Å². The first-order valence-electron chi connectivity index (χ1n) is 8.07. The number of aryl methyl sites for hydroxylation is 1. The molecule has 0 bridgehead atoms. The van der Waals surface area contributed by atoms with Crippen LogP contribution in [0.3, 0.4) is 0 Å². The van der Waals surface area contributed by atoms with Crippen LogP contribution in [0.1, 0.15) is 31.0 Å². The highest BCUT2D eigenvalue weighted by Crippen LogP contribution is 2.30. The predicted molar refractivity (Wildman–Crippen MR) is 86.0 cm³/mol. The zero-order valence-electron chi connectivity index (χ0n) is 12.9. The summed E-state index contributed by atoms with van der Waals surface area (Å²) in [6.45, 7) is 3.03. The first-order valence-corrected chi connectivity index (χ1v) is 8.07. The third-order valence-corrected chi connectivity index (χ3v) is 4.66. The molecule has 4 rings (SSSR count). The molecule has 2 fully saturated rings. The van der Waals surface area contributed by atoms with Crippen molar-refractivity contribution in [1.29, 1.82) is 0 Å². The number of nitrogens with one attached hydrogen (secondary N) is 1. The zero-order valence-corrected chi connectivity index (χ0v) is 12.9. The van der Waals surface area contributed by atoms with Crippen LogP contribution in [0.4, 0.5) is 11.6 Å². The molecule has 0 amide bonds. The van der Waals surface area contributed by atoms with E-state index in [1.807, 2.05) is 12.4 Å². The number of hydrogen-bond acceptors (Lipinski definition) is 5. The Morgan fingerprint density at radius 3 is 2.91 bits per heavy atom. The molecule has 22 heavy (non-hydrogen) atoms. The van der Waals surface area contributed by atoms with E-state index in [0.717, 1.165) is 43.6 Å². The molecule has 1 aliphatic carbocycles. The SMILES string of the molecule is Cn1ccnc1C1CCN(c2cc(NCC3CC3)ncn2)C1. The van der Waals surface area contributed by atoms with E-state index in [0.29, 0.717) is 5.92 Å². The van der Waals surface area contributed by atoms with Crippen LogP contribution >= 0.6 is 0 Å². The molecule has 2 aromatic heterocycles. The fourth-order valence-electron chi connectivity index (χ4n) is 3.14. The summed E-state index contributed by atoms with van der Waals surface area (Å²) >= 11 is 0. The lowest BCUT2D eigenvalue weighted by Gasteiger charge is -2.18. The van der Waals surface area contributed by atoms with Crippen molar-refractivity contribution in [2.24, 2.45) is 13.0 Å². The van der Waals surface area contributed by atoms with Crippen molar-refractivity contribution < 1.29 is 0 Å². The number of rotatable bonds is 5. The Morgan fingerprint density at radius 2 is 2.14 bits per heavy atom. The summed E-state index contributed by atoms with van der Waals surface area (Å²) in [4.78, 5) is 15.6. The highest BCUT2D eigenvalue weighted by molar-refractivity contribution is 5.49. The monoisotopic (exact) mass is 298 g/mol. The van der Waals surface area contributed by atoms with Gasteiger partial charge in [0.15, 0.2) is 0 Å². The van der Waals surface area contributed by atoms with E-state index in [9.17, 15) is 0 Å². The molecule has 0 spiro atoms. The number of nitrogens with zero attached hydrogens (tertiary/aromatic N) is 5. The average molecular weight is 298 g/mol. The van der Waals surface area contributed by atoms with Gasteiger partial charge in [0, 0.05) is 51.1 Å². The van der Waals surface area contributed by atoms with Crippen LogP contribution in [0.5, 0.6) is 0 Å². The maximum atomic E-state index is 4.49. The Bertz CT molecular complexity index is 648. The lowest BCUT2D eigenvalue weighted by atomic mass is 10.1. The molecule has 6 heteroatoms. The van der Waals surface area contributed by atoms with Gasteiger partial charge in [0.05, 0.1) is 0 Å². The molecule has 2 aliphatic rings. The van der Waals surface area contributed by atoms with Crippen LogP contribution in [0.2, 0.25) is 0 Å². The molecule has 1 unspecified atom stereocenters. The van der Waals surface area contributed by atoms with Gasteiger partial charge >= 0.3 is 0 Å². The van der Waals surface area contributed by atoms with E-state index >= 15 is 0 Å². The second-order valence-electron chi connectivity index (χ2n) is 6.41. The molecule has 1 saturated heterocycles. The fraction of sp³-hybridized carbons (Fsp3) is 0.562. The number of hydrogen-bond donors (Lipinski definition) is 1. The van der Waals surface area contributed by atoms with Gasteiger partial charge in [0.2, 0.25) is 0 Å². The van der Waals surface area contributed by atoms with Crippen molar-refractivity contribution in [3.63, 3.8) is 0 Å². The quantitative estimate of drug-likeness (QED) is 0.915. The van der Waals surface area contributed by atoms with Gasteiger partial charge in [-0.25, -0.2) is 15.0 Å². The highest BCUT2D eigenvalue weighted by Gasteiger charge is 2.27. The smallest absolute Gasteiger partial charge is 0.134 e. The van der Waals surface area contributed by atoms with Crippen LogP contribution in [0, 0.1) is 5.92 Å². The minimum absolute atomic E-state index is 0.484. The zero-order chi connectivity index (χ0) is 14.9. The maximum Gasteiger partial charge on any atom is 0.134 e. The van der Waals surface area contributed by atoms with Gasteiger partial charge in [-0.05, 0) is 25.2 Å². The summed E-state index contributed by atoms with van der Waals surface area (Å²) in [6, 6.07) is 2.07. The molecule has 3 heterocycles. The second-order valence-corrected chi connectivity index (χ2v) is 6.41. The first kappa shape index (κ1) is 13.5. The van der Waals surface area contributed by atoms with E-state index in [-0.39, 0.29) is 0 Å². The van der Waals surface area contributed by atoms with Crippen LogP contribution in [0.15, 0.2) is 24.8 Å². The standard InChI is InChI=1S/C16H22N6/c1-21-7-5-17-16(21)13-4-6-22(10-13)15-8-14(19-11-20-15)18-9-12-2-3-12/h5,7-8,11-13H,2-4,6,9-10H2,1H3,(H,18,19,20). The van der Waals surface area contributed by atoms with E-state index in [1.165, 1.54) is 18.7 Å². The van der Waals surface area contributed by atoms with Gasteiger partial charge in [-0.1, -0.05) is 0 Å². The van der Waals surface area contributed by atoms with Gasteiger partial charge in [0.25, 0.3) is 0 Å². The molecule has 116 valence electrons. The van der Waals surface area contributed by atoms with E-state index in [1.54, 1.807) is 6.33 Å². The Hall–Kier alpha value is -2.11. The molecule has 6 nitrogen and oxygen atoms in total. The average Bonchev–Trinajstić information content (AvgIpc) is 3.06. The normalized spacial score (nSPS) is 21.3. The summed E-state index contributed by atoms with van der Waals surface area (Å²) in [5.74, 6) is 4.46. The Morgan fingerprint density at radius 1 is 1.23 bits per heavy atom. The second kappa shape index (κ2) is 5.59. The number of imidazole rings is 1. The molecule has 1 saturated carbocycles. The van der Waals surface area contributed by atoms with Crippen LogP contribution in [-0.4, -0.2) is 39.2 Å². The van der Waals surface area contributed by atoms with Crippen molar-refractivity contribution in [1.82, 2.24) is 19.5 Å². The predicted octanol–water partition coefficient (Wildman–Crippen LogP) is 2.03. The lowest BCUT2D eigenvalue weighted by Crippen LogP contribution is -2.21. The van der Waals surface area contributed by atoms with Crippen molar-refractivity contribution in [2.75, 3.05) is 29.9 Å². The van der Waals surface area contributed by atoms with Gasteiger partial charge in [-0.15, -0.1) is 0 Å². The Labute approximate surface area is 130 Å². The first-order chi connectivity index (χ1) is 10.8. The largest absolute Gasteiger partial charge is 0.370 e. The van der Waals surface area contributed by atoms with E-state index in [4.69, 9.17) is 0 Å². The van der Waals surface area contributed by atoms with E-state index < -0.39 is 0 Å². The number of anilines is 2. The summed E-state index contributed by atoms with van der Waals surface area (Å²) in [6.07, 6.45) is 9.38. The van der Waals surface area contributed by atoms with Crippen molar-refractivity contribution >= 4 is 11.6 Å². The maximum absolute atomic E-state index is 4.49. The molecule has 0 radical (unpaired) electrons. The third-order valence-electron chi connectivity index (χ3n) is 4.66. The lowest BCUT2D eigenvalue weighted by molar-refractivity contribution is 0.665. The van der Waals surface area contributed by atoms with Crippen LogP contribution < -0.4 is 10.2 Å². The van der Waals surface area contributed by atoms with Gasteiger partial charge in [-0.3, -0.25) is 0 Å². The minimum Gasteiger partial charge on any atom is -0.370 e. The molecule has 1 N–H and O–H groups in total. The van der Waals surface area contributed by atoms with Crippen molar-refractivity contribution in [2.45, 2.75) is 25.2 Å². The van der Waals surface area contributed by atoms with Crippen molar-refractivity contribution in [3.05, 3.63) is 30.6 Å². The highest BCUT2D eigenvalue weighted by atomic mass is 15.2. The molecular weight excluding hydrogens is 276 g/mol. The fourth-order valence-corrected chi connectivity index (χ4v) is 3.14. The Balaban J connectivity index is 1.43. The van der Waals surface area contributed by atoms with Gasteiger partial charge in [0.1, 0.15) is 23.8 Å². The third kappa shape index (κ3) is 2.77. The topological polar surface area (TPSA) is 58.9 Å². The summed E-state index contributed by atoms with van der Waals surface area (Å²) in [5.41, 5.74) is 0. The molecule has 1 aliphatic heterocycles. The molecular formula is C16H22N6. The van der Waals surface area contributed by atoms with Crippen LogP contribution in [0.25, 0.3) is 0 Å². The minimum atomic E-state index is 0.484. The number of aromatic nitrogens is 4. The van der Waals surface area contributed by atoms with Crippen LogP contribution in [-0.2, 0) is 7.05 Å². The molecule has 0 aromatic carbocycles. The van der Waals surface area contributed by atoms with E-state index in [2.05, 4.69) is 42.8 Å². The van der Waals surface area contributed by atoms with Gasteiger partial charge < -0.3 is 14.8 Å². The molecule has 1 atom stereocenters. The Kier molecular flexibility index (Phi) is 3.44. The summed E-state index contributed by atoms with van der Waals surface area (Å²) in [5, 5.41) is 3.42. The summed E-state index contributed by atoms with van der Waals surface area (Å²) < 4.78 is 2.12. The summed E-state index contributed by atoms with van der Waals surface area (Å²) in [7, 11) is 2.07.